The zero-order valence-electron chi connectivity index (χ0n) is 19.8. The Labute approximate surface area is 216 Å². The van der Waals surface area contributed by atoms with E-state index in [9.17, 15) is 14.7 Å². The van der Waals surface area contributed by atoms with Gasteiger partial charge in [0.05, 0.1) is 29.0 Å². The van der Waals surface area contributed by atoms with Crippen LogP contribution in [-0.2, 0) is 9.59 Å². The first-order chi connectivity index (χ1) is 17.5. The summed E-state index contributed by atoms with van der Waals surface area (Å²) in [6, 6.07) is 15.4. The molecular formula is C27H24N2O5S2. The molecule has 2 aromatic heterocycles. The maximum atomic E-state index is 13.4. The Hall–Kier alpha value is -3.69. The SMILES string of the molecule is CCCOc1cccc(C(O)=C2C(=O)C(=O)N(c3nc4ccc(OCC)cc4s3)C2c2cccs2)c1. The molecule has 1 amide bonds. The van der Waals surface area contributed by atoms with E-state index in [1.807, 2.05) is 49.6 Å². The zero-order chi connectivity index (χ0) is 25.2. The van der Waals surface area contributed by atoms with Crippen molar-refractivity contribution in [2.75, 3.05) is 18.1 Å². The Kier molecular flexibility index (Phi) is 6.75. The molecule has 4 aromatic rings. The number of carbonyl (C=O) groups excluding carboxylic acids is 2. The molecular weight excluding hydrogens is 496 g/mol. The number of carbonyl (C=O) groups is 2. The largest absolute Gasteiger partial charge is 0.507 e. The van der Waals surface area contributed by atoms with Crippen LogP contribution in [0.3, 0.4) is 0 Å². The quantitative estimate of drug-likeness (QED) is 0.170. The topological polar surface area (TPSA) is 89.0 Å². The lowest BCUT2D eigenvalue weighted by molar-refractivity contribution is -0.132. The molecule has 5 rings (SSSR count). The number of ketones is 1. The third-order valence-corrected chi connectivity index (χ3v) is 7.65. The minimum absolute atomic E-state index is 0.0318. The number of aliphatic hydroxyl groups is 1. The smallest absolute Gasteiger partial charge is 0.301 e. The first kappa shape index (κ1) is 24.0. The predicted molar refractivity (Wildman–Crippen MR) is 142 cm³/mol. The molecule has 9 heteroatoms. The minimum atomic E-state index is -0.794. The van der Waals surface area contributed by atoms with Gasteiger partial charge < -0.3 is 14.6 Å². The molecule has 184 valence electrons. The van der Waals surface area contributed by atoms with E-state index in [4.69, 9.17) is 9.47 Å². The van der Waals surface area contributed by atoms with E-state index in [1.165, 1.54) is 27.6 Å². The van der Waals surface area contributed by atoms with Gasteiger partial charge in [-0.2, -0.15) is 0 Å². The lowest BCUT2D eigenvalue weighted by Crippen LogP contribution is -2.28. The third kappa shape index (κ3) is 4.36. The lowest BCUT2D eigenvalue weighted by atomic mass is 10.00. The summed E-state index contributed by atoms with van der Waals surface area (Å²) >= 11 is 2.71. The van der Waals surface area contributed by atoms with Crippen LogP contribution in [0.5, 0.6) is 11.5 Å². The van der Waals surface area contributed by atoms with Crippen molar-refractivity contribution in [3.05, 3.63) is 76.0 Å². The van der Waals surface area contributed by atoms with Gasteiger partial charge in [-0.05, 0) is 55.1 Å². The van der Waals surface area contributed by atoms with Gasteiger partial charge in [0.2, 0.25) is 0 Å². The number of nitrogens with zero attached hydrogens (tertiary/aromatic N) is 2. The summed E-state index contributed by atoms with van der Waals surface area (Å²) in [5.41, 5.74) is 1.14. The van der Waals surface area contributed by atoms with Crippen LogP contribution in [0.15, 0.2) is 65.6 Å². The van der Waals surface area contributed by atoms with Gasteiger partial charge >= 0.3 is 5.91 Å². The normalized spacial score (nSPS) is 17.2. The molecule has 0 aliphatic carbocycles. The van der Waals surface area contributed by atoms with Gasteiger partial charge in [0.15, 0.2) is 5.13 Å². The van der Waals surface area contributed by atoms with Crippen molar-refractivity contribution in [2.45, 2.75) is 26.3 Å². The second-order valence-electron chi connectivity index (χ2n) is 8.12. The van der Waals surface area contributed by atoms with Crippen LogP contribution >= 0.6 is 22.7 Å². The fourth-order valence-electron chi connectivity index (χ4n) is 4.11. The van der Waals surface area contributed by atoms with E-state index < -0.39 is 17.7 Å². The average Bonchev–Trinajstić information content (AvgIpc) is 3.61. The maximum absolute atomic E-state index is 13.4. The van der Waals surface area contributed by atoms with E-state index >= 15 is 0 Å². The molecule has 36 heavy (non-hydrogen) atoms. The molecule has 0 saturated carbocycles. The minimum Gasteiger partial charge on any atom is -0.507 e. The molecule has 0 spiro atoms. The third-order valence-electron chi connectivity index (χ3n) is 5.70. The number of fused-ring (bicyclic) bond motifs is 1. The summed E-state index contributed by atoms with van der Waals surface area (Å²) in [5.74, 6) is -0.422. The second-order valence-corrected chi connectivity index (χ2v) is 10.1. The van der Waals surface area contributed by atoms with Crippen LogP contribution in [0.1, 0.15) is 36.8 Å². The number of thiazole rings is 1. The van der Waals surface area contributed by atoms with Crippen molar-refractivity contribution in [3.8, 4) is 11.5 Å². The van der Waals surface area contributed by atoms with Gasteiger partial charge in [-0.25, -0.2) is 4.98 Å². The number of thiophene rings is 1. The highest BCUT2D eigenvalue weighted by Crippen LogP contribution is 2.45. The van der Waals surface area contributed by atoms with Crippen LogP contribution in [0.4, 0.5) is 5.13 Å². The van der Waals surface area contributed by atoms with Gasteiger partial charge in [-0.1, -0.05) is 36.5 Å². The predicted octanol–water partition coefficient (Wildman–Crippen LogP) is 6.17. The Bertz CT molecular complexity index is 1460. The first-order valence-corrected chi connectivity index (χ1v) is 13.3. The first-order valence-electron chi connectivity index (χ1n) is 11.6. The number of ether oxygens (including phenoxy) is 2. The number of rotatable bonds is 8. The fraction of sp³-hybridized carbons (Fsp3) is 0.222. The van der Waals surface area contributed by atoms with Crippen molar-refractivity contribution in [1.82, 2.24) is 4.98 Å². The molecule has 1 atom stereocenters. The van der Waals surface area contributed by atoms with Gasteiger partial charge in [0, 0.05) is 10.4 Å². The fourth-order valence-corrected chi connectivity index (χ4v) is 5.95. The van der Waals surface area contributed by atoms with Gasteiger partial charge in [0.25, 0.3) is 5.78 Å². The highest BCUT2D eigenvalue weighted by molar-refractivity contribution is 7.22. The van der Waals surface area contributed by atoms with Crippen molar-refractivity contribution < 1.29 is 24.2 Å². The van der Waals surface area contributed by atoms with E-state index in [2.05, 4.69) is 4.98 Å². The number of anilines is 1. The molecule has 0 bridgehead atoms. The molecule has 1 N–H and O–H groups in total. The Morgan fingerprint density at radius 2 is 1.89 bits per heavy atom. The Balaban J connectivity index is 1.62. The number of aromatic nitrogens is 1. The van der Waals surface area contributed by atoms with Crippen LogP contribution in [0, 0.1) is 0 Å². The molecule has 1 unspecified atom stereocenters. The van der Waals surface area contributed by atoms with Gasteiger partial charge in [-0.3, -0.25) is 14.5 Å². The number of hydrogen-bond donors (Lipinski definition) is 1. The summed E-state index contributed by atoms with van der Waals surface area (Å²) in [4.78, 5) is 33.5. The Morgan fingerprint density at radius 1 is 1.06 bits per heavy atom. The van der Waals surface area contributed by atoms with Gasteiger partial charge in [-0.15, -0.1) is 11.3 Å². The highest BCUT2D eigenvalue weighted by Gasteiger charge is 2.48. The molecule has 2 aromatic carbocycles. The van der Waals surface area contributed by atoms with Crippen molar-refractivity contribution in [2.24, 2.45) is 0 Å². The van der Waals surface area contributed by atoms with Crippen LogP contribution < -0.4 is 14.4 Å². The number of hydrogen-bond acceptors (Lipinski definition) is 8. The average molecular weight is 521 g/mol. The number of benzene rings is 2. The number of aliphatic hydroxyl groups excluding tert-OH is 1. The molecule has 1 saturated heterocycles. The lowest BCUT2D eigenvalue weighted by Gasteiger charge is -2.21. The molecule has 1 aliphatic heterocycles. The summed E-state index contributed by atoms with van der Waals surface area (Å²) in [6.45, 7) is 4.99. The summed E-state index contributed by atoms with van der Waals surface area (Å²) < 4.78 is 12.1. The molecule has 0 radical (unpaired) electrons. The van der Waals surface area contributed by atoms with Crippen molar-refractivity contribution in [3.63, 3.8) is 0 Å². The molecule has 3 heterocycles. The standard InChI is InChI=1S/C27H24N2O5S2/c1-3-12-34-17-8-5-7-16(14-17)24(30)22-23(20-9-6-13-35-20)29(26(32)25(22)31)27-28-19-11-10-18(33-4-2)15-21(19)36-27/h5-11,13-15,23,30H,3-4,12H2,1-2H3. The monoisotopic (exact) mass is 520 g/mol. The van der Waals surface area contributed by atoms with Crippen LogP contribution in [0.2, 0.25) is 0 Å². The Morgan fingerprint density at radius 3 is 2.64 bits per heavy atom. The van der Waals surface area contributed by atoms with E-state index in [0.717, 1.165) is 16.0 Å². The van der Waals surface area contributed by atoms with Crippen molar-refractivity contribution in [1.29, 1.82) is 0 Å². The van der Waals surface area contributed by atoms with Crippen molar-refractivity contribution >= 4 is 55.5 Å². The maximum Gasteiger partial charge on any atom is 0.301 e. The number of Topliss-reactive ketones (excluding diaryl/α,β-unsaturated/α-hetero) is 1. The van der Waals surface area contributed by atoms with Gasteiger partial charge in [0.1, 0.15) is 23.3 Å². The molecule has 7 nitrogen and oxygen atoms in total. The van der Waals surface area contributed by atoms with E-state index in [0.29, 0.717) is 40.9 Å². The number of amides is 1. The molecule has 1 aliphatic rings. The second kappa shape index (κ2) is 10.1. The van der Waals surface area contributed by atoms with E-state index in [-0.39, 0.29) is 11.3 Å². The summed E-state index contributed by atoms with van der Waals surface area (Å²) in [6.07, 6.45) is 0.841. The van der Waals surface area contributed by atoms with Crippen LogP contribution in [0.25, 0.3) is 16.0 Å². The zero-order valence-corrected chi connectivity index (χ0v) is 21.4. The molecule has 1 fully saturated rings. The summed E-state index contributed by atoms with van der Waals surface area (Å²) in [7, 11) is 0. The van der Waals surface area contributed by atoms with E-state index in [1.54, 1.807) is 24.3 Å². The van der Waals surface area contributed by atoms with Crippen LogP contribution in [-0.4, -0.2) is 35.0 Å². The highest BCUT2D eigenvalue weighted by atomic mass is 32.1. The summed E-state index contributed by atoms with van der Waals surface area (Å²) in [5, 5.41) is 13.6.